The third-order valence-electron chi connectivity index (χ3n) is 2.52. The Bertz CT molecular complexity index is 769. The molecule has 0 atom stereocenters. The van der Waals surface area contributed by atoms with Gasteiger partial charge in [-0.2, -0.15) is 13.2 Å². The summed E-state index contributed by atoms with van der Waals surface area (Å²) in [5.41, 5.74) is -2.61. The molecule has 1 N–H and O–H groups in total. The molecule has 116 valence electrons. The summed E-state index contributed by atoms with van der Waals surface area (Å²) < 4.78 is 38.2. The van der Waals surface area contributed by atoms with Crippen molar-refractivity contribution in [1.82, 2.24) is 9.97 Å². The SMILES string of the molecule is O=C(O)c1nc(-c2ccc(Cl)c(Cl)c2)c(Br)nc1C(F)(F)F. The molecule has 0 aliphatic rings. The lowest BCUT2D eigenvalue weighted by atomic mass is 10.1. The molecule has 4 nitrogen and oxygen atoms in total. The molecule has 0 radical (unpaired) electrons. The molecule has 0 aliphatic heterocycles. The van der Waals surface area contributed by atoms with Gasteiger partial charge < -0.3 is 5.11 Å². The minimum atomic E-state index is -4.95. The summed E-state index contributed by atoms with van der Waals surface area (Å²) in [6.07, 6.45) is -4.95. The smallest absolute Gasteiger partial charge is 0.435 e. The first-order valence-electron chi connectivity index (χ1n) is 5.44. The Morgan fingerprint density at radius 1 is 1.18 bits per heavy atom. The van der Waals surface area contributed by atoms with Crippen LogP contribution in [0.3, 0.4) is 0 Å². The van der Waals surface area contributed by atoms with Gasteiger partial charge in [0.1, 0.15) is 10.3 Å². The second-order valence-corrected chi connectivity index (χ2v) is 5.56. The van der Waals surface area contributed by atoms with Crippen molar-refractivity contribution in [2.24, 2.45) is 0 Å². The molecule has 22 heavy (non-hydrogen) atoms. The average molecular weight is 416 g/mol. The molecule has 0 spiro atoms. The number of hydrogen-bond donors (Lipinski definition) is 1. The van der Waals surface area contributed by atoms with Crippen LogP contribution >= 0.6 is 39.1 Å². The van der Waals surface area contributed by atoms with E-state index in [4.69, 9.17) is 28.3 Å². The number of nitrogens with zero attached hydrogens (tertiary/aromatic N) is 2. The van der Waals surface area contributed by atoms with E-state index in [0.29, 0.717) is 0 Å². The van der Waals surface area contributed by atoms with Gasteiger partial charge in [0.2, 0.25) is 0 Å². The predicted octanol–water partition coefficient (Wildman–Crippen LogP) is 4.93. The molecule has 2 aromatic rings. The maximum absolute atomic E-state index is 12.8. The highest BCUT2D eigenvalue weighted by molar-refractivity contribution is 9.10. The Balaban J connectivity index is 2.70. The summed E-state index contributed by atoms with van der Waals surface area (Å²) in [6.45, 7) is 0. The van der Waals surface area contributed by atoms with E-state index in [1.165, 1.54) is 18.2 Å². The summed E-state index contributed by atoms with van der Waals surface area (Å²) >= 11 is 14.4. The molecule has 0 aliphatic carbocycles. The molecule has 0 bridgehead atoms. The first-order valence-corrected chi connectivity index (χ1v) is 6.99. The monoisotopic (exact) mass is 414 g/mol. The Morgan fingerprint density at radius 2 is 1.82 bits per heavy atom. The van der Waals surface area contributed by atoms with E-state index in [1.807, 2.05) is 0 Å². The van der Waals surface area contributed by atoms with E-state index in [9.17, 15) is 18.0 Å². The van der Waals surface area contributed by atoms with Gasteiger partial charge in [0.05, 0.1) is 10.0 Å². The Morgan fingerprint density at radius 3 is 2.32 bits per heavy atom. The quantitative estimate of drug-likeness (QED) is 0.755. The van der Waals surface area contributed by atoms with E-state index in [-0.39, 0.29) is 25.9 Å². The largest absolute Gasteiger partial charge is 0.476 e. The van der Waals surface area contributed by atoms with E-state index >= 15 is 0 Å². The molecule has 0 fully saturated rings. The molecule has 2 rings (SSSR count). The Hall–Kier alpha value is -1.38. The number of benzene rings is 1. The van der Waals surface area contributed by atoms with Gasteiger partial charge in [-0.25, -0.2) is 14.8 Å². The number of aromatic carboxylic acids is 1. The number of carboxylic acids is 1. The molecule has 1 heterocycles. The fourth-order valence-electron chi connectivity index (χ4n) is 1.59. The van der Waals surface area contributed by atoms with Gasteiger partial charge in [0.15, 0.2) is 11.4 Å². The first kappa shape index (κ1) is 17.0. The Labute approximate surface area is 140 Å². The summed E-state index contributed by atoms with van der Waals surface area (Å²) in [6, 6.07) is 4.19. The number of aromatic nitrogens is 2. The maximum atomic E-state index is 12.8. The average Bonchev–Trinajstić information content (AvgIpc) is 2.40. The van der Waals surface area contributed by atoms with Crippen molar-refractivity contribution in [2.45, 2.75) is 6.18 Å². The molecular formula is C12H4BrCl2F3N2O2. The van der Waals surface area contributed by atoms with Crippen LogP contribution in [0.5, 0.6) is 0 Å². The second-order valence-electron chi connectivity index (χ2n) is 3.99. The topological polar surface area (TPSA) is 63.1 Å². The van der Waals surface area contributed by atoms with Gasteiger partial charge in [-0.1, -0.05) is 29.3 Å². The molecule has 10 heteroatoms. The zero-order valence-corrected chi connectivity index (χ0v) is 13.3. The lowest BCUT2D eigenvalue weighted by molar-refractivity contribution is -0.142. The highest BCUT2D eigenvalue weighted by Crippen LogP contribution is 2.35. The maximum Gasteiger partial charge on any atom is 0.435 e. The van der Waals surface area contributed by atoms with Gasteiger partial charge in [0.25, 0.3) is 0 Å². The van der Waals surface area contributed by atoms with Gasteiger partial charge in [-0.3, -0.25) is 0 Å². The number of alkyl halides is 3. The summed E-state index contributed by atoms with van der Waals surface area (Å²) in [5, 5.41) is 9.30. The zero-order valence-electron chi connectivity index (χ0n) is 10.2. The van der Waals surface area contributed by atoms with Gasteiger partial charge >= 0.3 is 12.1 Å². The fourth-order valence-corrected chi connectivity index (χ4v) is 2.38. The van der Waals surface area contributed by atoms with Crippen molar-refractivity contribution in [3.05, 3.63) is 44.2 Å². The van der Waals surface area contributed by atoms with E-state index < -0.39 is 23.5 Å². The molecular weight excluding hydrogens is 412 g/mol. The first-order chi connectivity index (χ1) is 10.1. The predicted molar refractivity (Wildman–Crippen MR) is 77.1 cm³/mol. The lowest BCUT2D eigenvalue weighted by Gasteiger charge is -2.12. The van der Waals surface area contributed by atoms with Crippen molar-refractivity contribution in [2.75, 3.05) is 0 Å². The van der Waals surface area contributed by atoms with Crippen LogP contribution in [0.15, 0.2) is 22.8 Å². The van der Waals surface area contributed by atoms with Crippen LogP contribution in [0.4, 0.5) is 13.2 Å². The number of halogens is 6. The van der Waals surface area contributed by atoms with Crippen molar-refractivity contribution in [1.29, 1.82) is 0 Å². The van der Waals surface area contributed by atoms with Crippen LogP contribution in [-0.2, 0) is 6.18 Å². The second kappa shape index (κ2) is 6.02. The van der Waals surface area contributed by atoms with E-state index in [0.717, 1.165) is 0 Å². The van der Waals surface area contributed by atoms with Gasteiger partial charge in [-0.15, -0.1) is 0 Å². The van der Waals surface area contributed by atoms with E-state index in [2.05, 4.69) is 25.9 Å². The fraction of sp³-hybridized carbons (Fsp3) is 0.0833. The van der Waals surface area contributed by atoms with Gasteiger partial charge in [-0.05, 0) is 28.1 Å². The van der Waals surface area contributed by atoms with Crippen molar-refractivity contribution in [3.8, 4) is 11.3 Å². The molecule has 0 unspecified atom stereocenters. The van der Waals surface area contributed by atoms with Gasteiger partial charge in [0, 0.05) is 5.56 Å². The van der Waals surface area contributed by atoms with Crippen molar-refractivity contribution in [3.63, 3.8) is 0 Å². The highest BCUT2D eigenvalue weighted by atomic mass is 79.9. The number of carbonyl (C=O) groups is 1. The highest BCUT2D eigenvalue weighted by Gasteiger charge is 2.39. The van der Waals surface area contributed by atoms with Crippen LogP contribution < -0.4 is 0 Å². The van der Waals surface area contributed by atoms with Crippen LogP contribution in [0.1, 0.15) is 16.2 Å². The number of rotatable bonds is 2. The molecule has 0 amide bonds. The van der Waals surface area contributed by atoms with Crippen LogP contribution in [-0.4, -0.2) is 21.0 Å². The summed E-state index contributed by atoms with van der Waals surface area (Å²) in [4.78, 5) is 17.8. The van der Waals surface area contributed by atoms with Crippen LogP contribution in [0.2, 0.25) is 10.0 Å². The minimum Gasteiger partial charge on any atom is -0.476 e. The van der Waals surface area contributed by atoms with Crippen LogP contribution in [0, 0.1) is 0 Å². The third kappa shape index (κ3) is 3.34. The number of carboxylic acid groups (broad SMARTS) is 1. The van der Waals surface area contributed by atoms with Crippen molar-refractivity contribution >= 4 is 45.1 Å². The Kier molecular flexibility index (Phi) is 4.65. The molecule has 0 saturated heterocycles. The molecule has 1 aromatic heterocycles. The number of hydrogen-bond acceptors (Lipinski definition) is 3. The van der Waals surface area contributed by atoms with Crippen molar-refractivity contribution < 1.29 is 23.1 Å². The molecule has 0 saturated carbocycles. The zero-order chi connectivity index (χ0) is 16.7. The molecule has 1 aromatic carbocycles. The summed E-state index contributed by atoms with van der Waals surface area (Å²) in [7, 11) is 0. The normalized spacial score (nSPS) is 11.5. The standard InChI is InChI=1S/C12H4BrCl2F3N2O2/c13-10-7(4-1-2-5(14)6(15)3-4)19-8(11(21)22)9(20-10)12(16,17)18/h1-3H,(H,21,22). The minimum absolute atomic E-state index is 0.0935. The lowest BCUT2D eigenvalue weighted by Crippen LogP contribution is -2.18. The summed E-state index contributed by atoms with van der Waals surface area (Å²) in [5.74, 6) is -1.84. The van der Waals surface area contributed by atoms with E-state index in [1.54, 1.807) is 0 Å². The third-order valence-corrected chi connectivity index (χ3v) is 3.81. The van der Waals surface area contributed by atoms with Crippen LogP contribution in [0.25, 0.3) is 11.3 Å².